The summed E-state index contributed by atoms with van der Waals surface area (Å²) in [6, 6.07) is 0.713. The molecule has 2 unspecified atom stereocenters. The highest BCUT2D eigenvalue weighted by Crippen LogP contribution is 2.23. The summed E-state index contributed by atoms with van der Waals surface area (Å²) in [4.78, 5) is 5.80. The standard InChI is InChI=1S/C14H24N2S/c1-3-14-16-10-12(17-14)9-15-13-8-6-4-5-7-11(13)2/h10-11,13,15H,3-9H2,1-2H3. The zero-order valence-corrected chi connectivity index (χ0v) is 11.9. The number of hydrogen-bond donors (Lipinski definition) is 1. The molecule has 1 saturated carbocycles. The molecule has 17 heavy (non-hydrogen) atoms. The first-order valence-corrected chi connectivity index (χ1v) is 7.78. The number of thiazole rings is 1. The maximum absolute atomic E-state index is 4.41. The summed E-state index contributed by atoms with van der Waals surface area (Å²) < 4.78 is 0. The molecular weight excluding hydrogens is 228 g/mol. The van der Waals surface area contributed by atoms with E-state index < -0.39 is 0 Å². The van der Waals surface area contributed by atoms with Crippen molar-refractivity contribution in [3.63, 3.8) is 0 Å². The van der Waals surface area contributed by atoms with E-state index in [1.807, 2.05) is 17.5 Å². The number of hydrogen-bond acceptors (Lipinski definition) is 3. The minimum atomic E-state index is 0.713. The van der Waals surface area contributed by atoms with Crippen molar-refractivity contribution in [3.05, 3.63) is 16.1 Å². The van der Waals surface area contributed by atoms with Crippen LogP contribution < -0.4 is 5.32 Å². The van der Waals surface area contributed by atoms with Gasteiger partial charge in [-0.05, 0) is 25.2 Å². The summed E-state index contributed by atoms with van der Waals surface area (Å²) in [7, 11) is 0. The van der Waals surface area contributed by atoms with Crippen LogP contribution in [0.15, 0.2) is 6.20 Å². The Morgan fingerprint density at radius 3 is 2.94 bits per heavy atom. The van der Waals surface area contributed by atoms with Gasteiger partial charge in [-0.2, -0.15) is 0 Å². The van der Waals surface area contributed by atoms with Gasteiger partial charge < -0.3 is 5.32 Å². The summed E-state index contributed by atoms with van der Waals surface area (Å²) in [6.07, 6.45) is 10.1. The Hall–Kier alpha value is -0.410. The highest BCUT2D eigenvalue weighted by Gasteiger charge is 2.19. The fourth-order valence-electron chi connectivity index (χ4n) is 2.62. The summed E-state index contributed by atoms with van der Waals surface area (Å²) in [5.41, 5.74) is 0. The van der Waals surface area contributed by atoms with Gasteiger partial charge in [-0.3, -0.25) is 0 Å². The van der Waals surface area contributed by atoms with Crippen molar-refractivity contribution in [2.24, 2.45) is 5.92 Å². The second-order valence-electron chi connectivity index (χ2n) is 5.18. The van der Waals surface area contributed by atoms with Gasteiger partial charge in [0.2, 0.25) is 0 Å². The molecule has 1 fully saturated rings. The third-order valence-electron chi connectivity index (χ3n) is 3.80. The molecule has 96 valence electrons. The van der Waals surface area contributed by atoms with E-state index in [1.165, 1.54) is 42.0 Å². The second-order valence-corrected chi connectivity index (χ2v) is 6.38. The lowest BCUT2D eigenvalue weighted by Gasteiger charge is -2.22. The van der Waals surface area contributed by atoms with Crippen LogP contribution in [0.5, 0.6) is 0 Å². The lowest BCUT2D eigenvalue weighted by Crippen LogP contribution is -2.33. The van der Waals surface area contributed by atoms with Gasteiger partial charge in [0.15, 0.2) is 0 Å². The van der Waals surface area contributed by atoms with Crippen molar-refractivity contribution in [1.82, 2.24) is 10.3 Å². The Bertz CT molecular complexity index is 335. The molecule has 1 heterocycles. The third kappa shape index (κ3) is 3.78. The maximum Gasteiger partial charge on any atom is 0.0925 e. The first-order chi connectivity index (χ1) is 8.29. The molecule has 1 N–H and O–H groups in total. The predicted octanol–water partition coefficient (Wildman–Crippen LogP) is 3.76. The quantitative estimate of drug-likeness (QED) is 0.825. The first kappa shape index (κ1) is 13.0. The third-order valence-corrected chi connectivity index (χ3v) is 4.95. The highest BCUT2D eigenvalue weighted by molar-refractivity contribution is 7.11. The fraction of sp³-hybridized carbons (Fsp3) is 0.786. The minimum Gasteiger partial charge on any atom is -0.309 e. The molecule has 1 aromatic rings. The van der Waals surface area contributed by atoms with Crippen molar-refractivity contribution in [1.29, 1.82) is 0 Å². The van der Waals surface area contributed by atoms with Crippen LogP contribution in [-0.4, -0.2) is 11.0 Å². The van der Waals surface area contributed by atoms with Crippen molar-refractivity contribution in [2.75, 3.05) is 0 Å². The van der Waals surface area contributed by atoms with Crippen LogP contribution in [-0.2, 0) is 13.0 Å². The lowest BCUT2D eigenvalue weighted by molar-refractivity contribution is 0.357. The van der Waals surface area contributed by atoms with Crippen LogP contribution in [0.3, 0.4) is 0 Å². The van der Waals surface area contributed by atoms with Gasteiger partial charge >= 0.3 is 0 Å². The summed E-state index contributed by atoms with van der Waals surface area (Å²) >= 11 is 1.85. The SMILES string of the molecule is CCc1ncc(CNC2CCCCCC2C)s1. The minimum absolute atomic E-state index is 0.713. The van der Waals surface area contributed by atoms with Crippen LogP contribution in [0.1, 0.15) is 55.8 Å². The van der Waals surface area contributed by atoms with Gasteiger partial charge in [-0.15, -0.1) is 11.3 Å². The number of nitrogens with one attached hydrogen (secondary N) is 1. The van der Waals surface area contributed by atoms with Gasteiger partial charge in [0.25, 0.3) is 0 Å². The molecule has 1 aliphatic carbocycles. The average Bonchev–Trinajstić information content (AvgIpc) is 2.70. The van der Waals surface area contributed by atoms with E-state index in [-0.39, 0.29) is 0 Å². The summed E-state index contributed by atoms with van der Waals surface area (Å²) in [5, 5.41) is 5.00. The molecule has 0 bridgehead atoms. The molecule has 3 heteroatoms. The zero-order chi connectivity index (χ0) is 12.1. The van der Waals surface area contributed by atoms with Gasteiger partial charge in [0.1, 0.15) is 0 Å². The summed E-state index contributed by atoms with van der Waals surface area (Å²) in [6.45, 7) is 5.57. The Labute approximate surface area is 109 Å². The second kappa shape index (κ2) is 6.50. The smallest absolute Gasteiger partial charge is 0.0925 e. The van der Waals surface area contributed by atoms with Crippen LogP contribution in [0, 0.1) is 5.92 Å². The van der Waals surface area contributed by atoms with Crippen molar-refractivity contribution in [2.45, 2.75) is 65.0 Å². The maximum atomic E-state index is 4.41. The van der Waals surface area contributed by atoms with Gasteiger partial charge in [-0.1, -0.05) is 33.1 Å². The van der Waals surface area contributed by atoms with Crippen molar-refractivity contribution >= 4 is 11.3 Å². The van der Waals surface area contributed by atoms with Crippen LogP contribution >= 0.6 is 11.3 Å². The van der Waals surface area contributed by atoms with E-state index in [0.29, 0.717) is 6.04 Å². The Balaban J connectivity index is 1.83. The molecule has 2 nitrogen and oxygen atoms in total. The number of nitrogens with zero attached hydrogens (tertiary/aromatic N) is 1. The molecule has 2 rings (SSSR count). The van der Waals surface area contributed by atoms with E-state index in [1.54, 1.807) is 0 Å². The molecule has 1 aromatic heterocycles. The fourth-order valence-corrected chi connectivity index (χ4v) is 3.43. The van der Waals surface area contributed by atoms with Crippen LogP contribution in [0.25, 0.3) is 0 Å². The predicted molar refractivity (Wildman–Crippen MR) is 74.4 cm³/mol. The van der Waals surface area contributed by atoms with E-state index in [0.717, 1.165) is 18.9 Å². The van der Waals surface area contributed by atoms with E-state index in [9.17, 15) is 0 Å². The Morgan fingerprint density at radius 1 is 1.35 bits per heavy atom. The largest absolute Gasteiger partial charge is 0.309 e. The zero-order valence-electron chi connectivity index (χ0n) is 11.0. The van der Waals surface area contributed by atoms with Crippen LogP contribution in [0.2, 0.25) is 0 Å². The van der Waals surface area contributed by atoms with Crippen molar-refractivity contribution in [3.8, 4) is 0 Å². The molecular formula is C14H24N2S. The molecule has 2 atom stereocenters. The Morgan fingerprint density at radius 2 is 2.18 bits per heavy atom. The van der Waals surface area contributed by atoms with E-state index in [2.05, 4.69) is 24.1 Å². The number of aromatic nitrogens is 1. The molecule has 0 aliphatic heterocycles. The topological polar surface area (TPSA) is 24.9 Å². The summed E-state index contributed by atoms with van der Waals surface area (Å²) in [5.74, 6) is 0.830. The molecule has 0 amide bonds. The van der Waals surface area contributed by atoms with E-state index >= 15 is 0 Å². The first-order valence-electron chi connectivity index (χ1n) is 6.96. The number of rotatable bonds is 4. The molecule has 0 radical (unpaired) electrons. The molecule has 0 saturated heterocycles. The van der Waals surface area contributed by atoms with Gasteiger partial charge in [-0.25, -0.2) is 4.98 Å². The highest BCUT2D eigenvalue weighted by atomic mass is 32.1. The average molecular weight is 252 g/mol. The monoisotopic (exact) mass is 252 g/mol. The molecule has 0 aromatic carbocycles. The molecule has 0 spiro atoms. The van der Waals surface area contributed by atoms with E-state index in [4.69, 9.17) is 0 Å². The lowest BCUT2D eigenvalue weighted by atomic mass is 9.97. The normalized spacial score (nSPS) is 25.8. The Kier molecular flexibility index (Phi) is 4.99. The number of aryl methyl sites for hydroxylation is 1. The van der Waals surface area contributed by atoms with Crippen LogP contribution in [0.4, 0.5) is 0 Å². The molecule has 1 aliphatic rings. The van der Waals surface area contributed by atoms with Crippen molar-refractivity contribution < 1.29 is 0 Å². The van der Waals surface area contributed by atoms with Gasteiger partial charge in [0, 0.05) is 23.7 Å². The van der Waals surface area contributed by atoms with Gasteiger partial charge in [0.05, 0.1) is 5.01 Å².